The van der Waals surface area contributed by atoms with Gasteiger partial charge in [-0.15, -0.1) is 0 Å². The van der Waals surface area contributed by atoms with Gasteiger partial charge >= 0.3 is 12.6 Å². The molecular formula is C10H10F3NO3. The Balaban J connectivity index is 3.09. The van der Waals surface area contributed by atoms with E-state index < -0.39 is 24.1 Å². The molecule has 0 aliphatic rings. The summed E-state index contributed by atoms with van der Waals surface area (Å²) in [6, 6.07) is 1.51. The number of esters is 1. The average Bonchev–Trinajstić information content (AvgIpc) is 2.21. The van der Waals surface area contributed by atoms with Gasteiger partial charge in [0.15, 0.2) is 11.6 Å². The maximum absolute atomic E-state index is 13.1. The Bertz CT molecular complexity index is 424. The number of nitrogens with two attached hydrogens (primary N) is 1. The number of rotatable bonds is 4. The number of ether oxygens (including phenoxy) is 2. The second-order valence-corrected chi connectivity index (χ2v) is 2.97. The molecule has 0 heterocycles. The van der Waals surface area contributed by atoms with E-state index in [2.05, 4.69) is 9.47 Å². The minimum atomic E-state index is -3.19. The molecule has 1 rings (SSSR count). The molecule has 1 aromatic rings. The Hall–Kier alpha value is -1.92. The first-order valence-corrected chi connectivity index (χ1v) is 4.66. The molecule has 0 bridgehead atoms. The van der Waals surface area contributed by atoms with Crippen molar-refractivity contribution in [3.8, 4) is 5.75 Å². The summed E-state index contributed by atoms with van der Waals surface area (Å²) in [6.45, 7) is -1.54. The van der Waals surface area contributed by atoms with Crippen molar-refractivity contribution in [2.45, 2.75) is 13.5 Å². The van der Waals surface area contributed by atoms with Gasteiger partial charge in [0.05, 0.1) is 12.2 Å². The lowest BCUT2D eigenvalue weighted by Gasteiger charge is -2.10. The van der Waals surface area contributed by atoms with Crippen LogP contribution in [0.15, 0.2) is 12.1 Å². The van der Waals surface area contributed by atoms with E-state index in [1.54, 1.807) is 6.92 Å². The quantitative estimate of drug-likeness (QED) is 0.656. The highest BCUT2D eigenvalue weighted by Crippen LogP contribution is 2.26. The third-order valence-corrected chi connectivity index (χ3v) is 1.82. The summed E-state index contributed by atoms with van der Waals surface area (Å²) >= 11 is 0. The van der Waals surface area contributed by atoms with Crippen molar-refractivity contribution in [3.63, 3.8) is 0 Å². The van der Waals surface area contributed by atoms with Gasteiger partial charge in [0.2, 0.25) is 0 Å². The number of anilines is 1. The molecular weight excluding hydrogens is 239 g/mol. The predicted octanol–water partition coefficient (Wildman–Crippen LogP) is 2.19. The first-order chi connectivity index (χ1) is 7.95. The van der Waals surface area contributed by atoms with Crippen LogP contribution < -0.4 is 10.5 Å². The van der Waals surface area contributed by atoms with E-state index in [-0.39, 0.29) is 17.9 Å². The van der Waals surface area contributed by atoms with Crippen molar-refractivity contribution in [2.24, 2.45) is 0 Å². The highest BCUT2D eigenvalue weighted by Gasteiger charge is 2.18. The largest absolute Gasteiger partial charge is 0.462 e. The van der Waals surface area contributed by atoms with E-state index in [1.807, 2.05) is 0 Å². The minimum Gasteiger partial charge on any atom is -0.462 e. The Kier molecular flexibility index (Phi) is 4.19. The summed E-state index contributed by atoms with van der Waals surface area (Å²) in [5.41, 5.74) is 4.94. The lowest BCUT2D eigenvalue weighted by molar-refractivity contribution is -0.0522. The topological polar surface area (TPSA) is 61.5 Å². The molecule has 0 atom stereocenters. The molecule has 0 saturated carbocycles. The molecule has 1 aromatic carbocycles. The summed E-state index contributed by atoms with van der Waals surface area (Å²) in [7, 11) is 0. The van der Waals surface area contributed by atoms with Gasteiger partial charge in [-0.05, 0) is 6.92 Å². The molecule has 0 aliphatic heterocycles. The summed E-state index contributed by atoms with van der Waals surface area (Å²) < 4.78 is 45.6. The third kappa shape index (κ3) is 3.27. The summed E-state index contributed by atoms with van der Waals surface area (Å²) in [5.74, 6) is -2.66. The van der Waals surface area contributed by atoms with E-state index in [4.69, 9.17) is 5.73 Å². The lowest BCUT2D eigenvalue weighted by Crippen LogP contribution is -2.11. The van der Waals surface area contributed by atoms with Gasteiger partial charge in [0.1, 0.15) is 0 Å². The van der Waals surface area contributed by atoms with E-state index in [9.17, 15) is 18.0 Å². The van der Waals surface area contributed by atoms with Crippen LogP contribution in [-0.4, -0.2) is 19.2 Å². The normalized spacial score (nSPS) is 10.4. The molecule has 2 N–H and O–H groups in total. The maximum atomic E-state index is 13.1. The number of hydrogen-bond acceptors (Lipinski definition) is 4. The fraction of sp³-hybridized carbons (Fsp3) is 0.300. The van der Waals surface area contributed by atoms with Crippen LogP contribution >= 0.6 is 0 Å². The molecule has 0 saturated heterocycles. The van der Waals surface area contributed by atoms with Crippen molar-refractivity contribution < 1.29 is 27.4 Å². The van der Waals surface area contributed by atoms with Crippen molar-refractivity contribution in [1.29, 1.82) is 0 Å². The van der Waals surface area contributed by atoms with Crippen LogP contribution in [0.1, 0.15) is 17.3 Å². The number of carbonyl (C=O) groups excluding carboxylic acids is 1. The highest BCUT2D eigenvalue weighted by molar-refractivity contribution is 5.95. The molecule has 17 heavy (non-hydrogen) atoms. The molecule has 0 aromatic heterocycles. The Morgan fingerprint density at radius 2 is 2.12 bits per heavy atom. The molecule has 7 heteroatoms. The van der Waals surface area contributed by atoms with Gasteiger partial charge in [0.25, 0.3) is 0 Å². The number of hydrogen-bond donors (Lipinski definition) is 1. The van der Waals surface area contributed by atoms with E-state index in [0.29, 0.717) is 0 Å². The number of carbonyl (C=O) groups is 1. The standard InChI is InChI=1S/C10H10F3NO3/c1-2-16-9(15)5-3-8(17-10(12)13)6(11)4-7(5)14/h3-4,10H,2,14H2,1H3. The van der Waals surface area contributed by atoms with Crippen molar-refractivity contribution >= 4 is 11.7 Å². The van der Waals surface area contributed by atoms with E-state index in [1.165, 1.54) is 0 Å². The van der Waals surface area contributed by atoms with Crippen molar-refractivity contribution in [1.82, 2.24) is 0 Å². The lowest BCUT2D eigenvalue weighted by atomic mass is 10.1. The predicted molar refractivity (Wildman–Crippen MR) is 53.4 cm³/mol. The van der Waals surface area contributed by atoms with Crippen LogP contribution in [-0.2, 0) is 4.74 Å². The molecule has 0 amide bonds. The fourth-order valence-electron chi connectivity index (χ4n) is 1.14. The van der Waals surface area contributed by atoms with Gasteiger partial charge < -0.3 is 15.2 Å². The first-order valence-electron chi connectivity index (χ1n) is 4.66. The zero-order chi connectivity index (χ0) is 13.0. The van der Waals surface area contributed by atoms with Crippen LogP contribution in [0.25, 0.3) is 0 Å². The van der Waals surface area contributed by atoms with Gasteiger partial charge in [-0.25, -0.2) is 9.18 Å². The van der Waals surface area contributed by atoms with Crippen LogP contribution in [0.5, 0.6) is 5.75 Å². The molecule has 0 spiro atoms. The third-order valence-electron chi connectivity index (χ3n) is 1.82. The maximum Gasteiger partial charge on any atom is 0.387 e. The zero-order valence-corrected chi connectivity index (χ0v) is 8.88. The Morgan fingerprint density at radius 1 is 1.47 bits per heavy atom. The number of alkyl halides is 2. The van der Waals surface area contributed by atoms with E-state index >= 15 is 0 Å². The van der Waals surface area contributed by atoms with Crippen LogP contribution in [0.4, 0.5) is 18.9 Å². The number of nitrogen functional groups attached to an aromatic ring is 1. The SMILES string of the molecule is CCOC(=O)c1cc(OC(F)F)c(F)cc1N. The molecule has 0 unspecified atom stereocenters. The monoisotopic (exact) mass is 249 g/mol. The second-order valence-electron chi connectivity index (χ2n) is 2.97. The zero-order valence-electron chi connectivity index (χ0n) is 8.88. The second kappa shape index (κ2) is 5.42. The average molecular weight is 249 g/mol. The van der Waals surface area contributed by atoms with Gasteiger partial charge in [-0.2, -0.15) is 8.78 Å². The first kappa shape index (κ1) is 13.1. The van der Waals surface area contributed by atoms with E-state index in [0.717, 1.165) is 12.1 Å². The molecule has 94 valence electrons. The fourth-order valence-corrected chi connectivity index (χ4v) is 1.14. The van der Waals surface area contributed by atoms with Gasteiger partial charge in [-0.1, -0.05) is 0 Å². The van der Waals surface area contributed by atoms with Gasteiger partial charge in [0, 0.05) is 17.8 Å². The highest BCUT2D eigenvalue weighted by atomic mass is 19.3. The molecule has 0 fully saturated rings. The molecule has 0 aliphatic carbocycles. The number of halogens is 3. The van der Waals surface area contributed by atoms with Crippen LogP contribution in [0.2, 0.25) is 0 Å². The smallest absolute Gasteiger partial charge is 0.387 e. The number of benzene rings is 1. The molecule has 0 radical (unpaired) electrons. The molecule has 4 nitrogen and oxygen atoms in total. The summed E-state index contributed by atoms with van der Waals surface area (Å²) in [5, 5.41) is 0. The summed E-state index contributed by atoms with van der Waals surface area (Å²) in [6.07, 6.45) is 0. The van der Waals surface area contributed by atoms with Gasteiger partial charge in [-0.3, -0.25) is 0 Å². The van der Waals surface area contributed by atoms with Crippen molar-refractivity contribution in [3.05, 3.63) is 23.5 Å². The van der Waals surface area contributed by atoms with Crippen LogP contribution in [0, 0.1) is 5.82 Å². The Labute approximate surface area is 95.1 Å². The summed E-state index contributed by atoms with van der Waals surface area (Å²) in [4.78, 5) is 11.3. The van der Waals surface area contributed by atoms with Crippen LogP contribution in [0.3, 0.4) is 0 Å². The Morgan fingerprint density at radius 3 is 2.65 bits per heavy atom. The van der Waals surface area contributed by atoms with Crippen molar-refractivity contribution in [2.75, 3.05) is 12.3 Å². The minimum absolute atomic E-state index is 0.0840.